The van der Waals surface area contributed by atoms with Gasteiger partial charge in [-0.25, -0.2) is 0 Å². The van der Waals surface area contributed by atoms with Crippen molar-refractivity contribution < 1.29 is 0 Å². The van der Waals surface area contributed by atoms with E-state index in [0.29, 0.717) is 6.04 Å². The highest BCUT2D eigenvalue weighted by atomic mass is 35.6. The van der Waals surface area contributed by atoms with Crippen LogP contribution in [0.15, 0.2) is 24.3 Å². The first-order chi connectivity index (χ1) is 5.75. The van der Waals surface area contributed by atoms with Crippen LogP contribution in [0.5, 0.6) is 0 Å². The summed E-state index contributed by atoms with van der Waals surface area (Å²) in [6.07, 6.45) is 0. The fourth-order valence-corrected chi connectivity index (χ4v) is 2.44. The van der Waals surface area contributed by atoms with Crippen LogP contribution in [-0.4, -0.2) is 8.99 Å². The highest BCUT2D eigenvalue weighted by molar-refractivity contribution is 6.92. The maximum atomic E-state index is 5.73. The molecule has 12 heavy (non-hydrogen) atoms. The van der Waals surface area contributed by atoms with Gasteiger partial charge >= 0.3 is 0 Å². The second kappa shape index (κ2) is 4.65. The van der Waals surface area contributed by atoms with E-state index < -0.39 is 8.99 Å². The van der Waals surface area contributed by atoms with Crippen molar-refractivity contribution in [1.82, 2.24) is 4.98 Å². The van der Waals surface area contributed by atoms with Gasteiger partial charge in [-0.05, 0) is 25.0 Å². The lowest BCUT2D eigenvalue weighted by atomic mass is 10.0. The second-order valence-electron chi connectivity index (χ2n) is 2.92. The van der Waals surface area contributed by atoms with Crippen molar-refractivity contribution in [3.05, 3.63) is 35.4 Å². The summed E-state index contributed by atoms with van der Waals surface area (Å²) in [5, 5.41) is 0. The molecule has 0 aliphatic rings. The SMILES string of the molecule is Cc1ccccc1C(C)N[SiH2]Cl. The van der Waals surface area contributed by atoms with Crippen LogP contribution in [0.25, 0.3) is 0 Å². The third-order valence-electron chi connectivity index (χ3n) is 2.04. The summed E-state index contributed by atoms with van der Waals surface area (Å²) in [6, 6.07) is 8.80. The van der Waals surface area contributed by atoms with Gasteiger partial charge in [-0.1, -0.05) is 24.3 Å². The Morgan fingerprint density at radius 1 is 1.42 bits per heavy atom. The summed E-state index contributed by atoms with van der Waals surface area (Å²) in [4.78, 5) is 3.31. The predicted molar refractivity (Wildman–Crippen MR) is 57.1 cm³/mol. The van der Waals surface area contributed by atoms with Crippen LogP contribution in [0.2, 0.25) is 0 Å². The molecule has 0 radical (unpaired) electrons. The minimum Gasteiger partial charge on any atom is -0.324 e. The zero-order valence-corrected chi connectivity index (χ0v) is 9.64. The van der Waals surface area contributed by atoms with Gasteiger partial charge < -0.3 is 4.98 Å². The molecule has 0 amide bonds. The van der Waals surface area contributed by atoms with E-state index in [0.717, 1.165) is 0 Å². The van der Waals surface area contributed by atoms with E-state index in [1.165, 1.54) is 11.1 Å². The monoisotopic (exact) mass is 199 g/mol. The fraction of sp³-hybridized carbons (Fsp3) is 0.333. The number of hydrogen-bond acceptors (Lipinski definition) is 1. The number of benzene rings is 1. The van der Waals surface area contributed by atoms with Gasteiger partial charge in [0.25, 0.3) is 0 Å². The maximum Gasteiger partial charge on any atom is 0.195 e. The van der Waals surface area contributed by atoms with Crippen LogP contribution < -0.4 is 4.98 Å². The molecule has 0 aliphatic carbocycles. The van der Waals surface area contributed by atoms with Crippen molar-refractivity contribution >= 4 is 20.1 Å². The standard InChI is InChI=1S/C9H14ClNSi/c1-7-5-3-4-6-9(7)8(2)11-12-10/h3-6,8,11H,12H2,1-2H3. The minimum absolute atomic E-state index is 0.398. The molecule has 1 nitrogen and oxygen atoms in total. The number of aryl methyl sites for hydroxylation is 1. The molecule has 0 aliphatic heterocycles. The van der Waals surface area contributed by atoms with E-state index in [1.54, 1.807) is 0 Å². The van der Waals surface area contributed by atoms with Crippen molar-refractivity contribution in [2.24, 2.45) is 0 Å². The molecule has 0 saturated carbocycles. The number of rotatable bonds is 3. The molecule has 0 spiro atoms. The van der Waals surface area contributed by atoms with E-state index in [2.05, 4.69) is 43.1 Å². The van der Waals surface area contributed by atoms with E-state index in [-0.39, 0.29) is 0 Å². The van der Waals surface area contributed by atoms with Crippen molar-refractivity contribution in [2.75, 3.05) is 0 Å². The third kappa shape index (κ3) is 2.34. The molecule has 1 unspecified atom stereocenters. The molecular formula is C9H14ClNSi. The van der Waals surface area contributed by atoms with Crippen molar-refractivity contribution in [1.29, 1.82) is 0 Å². The van der Waals surface area contributed by atoms with Gasteiger partial charge in [0.2, 0.25) is 0 Å². The van der Waals surface area contributed by atoms with Gasteiger partial charge in [-0.2, -0.15) is 11.1 Å². The van der Waals surface area contributed by atoms with Gasteiger partial charge in [0, 0.05) is 6.04 Å². The number of halogens is 1. The maximum absolute atomic E-state index is 5.73. The quantitative estimate of drug-likeness (QED) is 0.579. The van der Waals surface area contributed by atoms with Crippen LogP contribution in [-0.2, 0) is 0 Å². The third-order valence-corrected chi connectivity index (χ3v) is 3.27. The van der Waals surface area contributed by atoms with Gasteiger partial charge in [0.05, 0.1) is 0 Å². The van der Waals surface area contributed by atoms with E-state index >= 15 is 0 Å². The topological polar surface area (TPSA) is 12.0 Å². The highest BCUT2D eigenvalue weighted by Gasteiger charge is 2.04. The molecule has 0 heterocycles. The Labute approximate surface area is 80.7 Å². The summed E-state index contributed by atoms with van der Waals surface area (Å²) in [7, 11) is -0.571. The number of hydrogen-bond donors (Lipinski definition) is 1. The summed E-state index contributed by atoms with van der Waals surface area (Å²) in [5.41, 5.74) is 2.68. The molecule has 0 saturated heterocycles. The molecule has 1 rings (SSSR count). The Morgan fingerprint density at radius 3 is 2.67 bits per heavy atom. The second-order valence-corrected chi connectivity index (χ2v) is 4.39. The molecule has 66 valence electrons. The van der Waals surface area contributed by atoms with Crippen LogP contribution in [0.4, 0.5) is 0 Å². The normalized spacial score (nSPS) is 13.9. The molecule has 0 aromatic heterocycles. The molecule has 3 heteroatoms. The smallest absolute Gasteiger partial charge is 0.195 e. The van der Waals surface area contributed by atoms with Crippen molar-refractivity contribution in [3.8, 4) is 0 Å². The lowest BCUT2D eigenvalue weighted by Gasteiger charge is -2.14. The Kier molecular flexibility index (Phi) is 3.79. The fourth-order valence-electron chi connectivity index (χ4n) is 1.30. The van der Waals surface area contributed by atoms with E-state index in [9.17, 15) is 0 Å². The van der Waals surface area contributed by atoms with Gasteiger partial charge in [-0.3, -0.25) is 0 Å². The molecule has 1 N–H and O–H groups in total. The lowest BCUT2D eigenvalue weighted by Crippen LogP contribution is -2.19. The number of nitrogens with one attached hydrogen (secondary N) is 1. The predicted octanol–water partition coefficient (Wildman–Crippen LogP) is 1.88. The first-order valence-electron chi connectivity index (χ1n) is 4.10. The molecule has 1 aromatic carbocycles. The minimum atomic E-state index is -0.571. The molecule has 1 aromatic rings. The van der Waals surface area contributed by atoms with Crippen molar-refractivity contribution in [3.63, 3.8) is 0 Å². The molecule has 0 bridgehead atoms. The Hall–Kier alpha value is -0.313. The Balaban J connectivity index is 2.79. The van der Waals surface area contributed by atoms with E-state index in [1.807, 2.05) is 0 Å². The first-order valence-corrected chi connectivity index (χ1v) is 6.95. The van der Waals surface area contributed by atoms with Crippen LogP contribution in [0, 0.1) is 6.92 Å². The first kappa shape index (κ1) is 9.77. The van der Waals surface area contributed by atoms with Gasteiger partial charge in [-0.15, -0.1) is 0 Å². The Bertz CT molecular complexity index is 252. The van der Waals surface area contributed by atoms with E-state index in [4.69, 9.17) is 11.1 Å². The average Bonchev–Trinajstić information content (AvgIpc) is 2.05. The van der Waals surface area contributed by atoms with Crippen LogP contribution >= 0.6 is 11.1 Å². The zero-order valence-electron chi connectivity index (χ0n) is 7.47. The lowest BCUT2D eigenvalue weighted by molar-refractivity contribution is 0.736. The molecule has 0 fully saturated rings. The highest BCUT2D eigenvalue weighted by Crippen LogP contribution is 2.15. The largest absolute Gasteiger partial charge is 0.324 e. The Morgan fingerprint density at radius 2 is 2.08 bits per heavy atom. The van der Waals surface area contributed by atoms with Gasteiger partial charge in [0.15, 0.2) is 8.99 Å². The van der Waals surface area contributed by atoms with Crippen molar-refractivity contribution in [2.45, 2.75) is 19.9 Å². The van der Waals surface area contributed by atoms with Gasteiger partial charge in [0.1, 0.15) is 0 Å². The average molecular weight is 200 g/mol. The zero-order chi connectivity index (χ0) is 8.97. The summed E-state index contributed by atoms with van der Waals surface area (Å²) in [5.74, 6) is 0. The van der Waals surface area contributed by atoms with Crippen LogP contribution in [0.3, 0.4) is 0 Å². The molecular weight excluding hydrogens is 186 g/mol. The summed E-state index contributed by atoms with van der Waals surface area (Å²) < 4.78 is 0. The summed E-state index contributed by atoms with van der Waals surface area (Å²) in [6.45, 7) is 4.28. The summed E-state index contributed by atoms with van der Waals surface area (Å²) >= 11 is 5.73. The van der Waals surface area contributed by atoms with Crippen LogP contribution in [0.1, 0.15) is 24.1 Å². The molecule has 1 atom stereocenters.